The maximum absolute atomic E-state index is 6.12. The van der Waals surface area contributed by atoms with Crippen LogP contribution in [-0.4, -0.2) is 29.1 Å². The summed E-state index contributed by atoms with van der Waals surface area (Å²) in [5, 5.41) is 3.74. The van der Waals surface area contributed by atoms with Crippen LogP contribution in [0.1, 0.15) is 64.7 Å². The van der Waals surface area contributed by atoms with E-state index in [0.29, 0.717) is 6.04 Å². The Morgan fingerprint density at radius 2 is 1.67 bits per heavy atom. The van der Waals surface area contributed by atoms with E-state index in [0.717, 1.165) is 35.4 Å². The van der Waals surface area contributed by atoms with Gasteiger partial charge in [-0.15, -0.1) is 0 Å². The van der Waals surface area contributed by atoms with E-state index in [-0.39, 0.29) is 0 Å². The average molecular weight is 328 g/mol. The molecule has 2 saturated heterocycles. The highest BCUT2D eigenvalue weighted by Crippen LogP contribution is 2.42. The standard InChI is InChI=1S/C21H33N3/c1-15(16-7-3-2-4-8-16)24-18-11-12-19(24)14-17(13-18)23-21-10-6-5-9-20(21)22/h5-6,9-10,15-19,23H,2-4,7-8,11-14,22H2,1H3. The quantitative estimate of drug-likeness (QED) is 0.791. The maximum Gasteiger partial charge on any atom is 0.0576 e. The lowest BCUT2D eigenvalue weighted by Crippen LogP contribution is -2.53. The van der Waals surface area contributed by atoms with Crippen molar-refractivity contribution in [1.29, 1.82) is 0 Å². The van der Waals surface area contributed by atoms with E-state index in [1.807, 2.05) is 12.1 Å². The third-order valence-electron chi connectivity index (χ3n) is 6.91. The highest BCUT2D eigenvalue weighted by Gasteiger charge is 2.44. The van der Waals surface area contributed by atoms with Crippen LogP contribution in [0.3, 0.4) is 0 Å². The number of nitrogens with one attached hydrogen (secondary N) is 1. The number of hydrogen-bond acceptors (Lipinski definition) is 3. The number of fused-ring (bicyclic) bond motifs is 2. The van der Waals surface area contributed by atoms with E-state index in [9.17, 15) is 0 Å². The van der Waals surface area contributed by atoms with Crippen molar-refractivity contribution >= 4 is 11.4 Å². The molecule has 24 heavy (non-hydrogen) atoms. The van der Waals surface area contributed by atoms with Crippen molar-refractivity contribution in [2.45, 2.75) is 88.9 Å². The molecule has 3 nitrogen and oxygen atoms in total. The zero-order valence-electron chi connectivity index (χ0n) is 15.1. The fourth-order valence-electron chi connectivity index (χ4n) is 5.70. The number of nitrogens with two attached hydrogens (primary N) is 1. The van der Waals surface area contributed by atoms with Crippen molar-refractivity contribution in [3.63, 3.8) is 0 Å². The number of nitrogens with zero attached hydrogens (tertiary/aromatic N) is 1. The van der Waals surface area contributed by atoms with E-state index in [1.165, 1.54) is 57.8 Å². The third-order valence-corrected chi connectivity index (χ3v) is 6.91. The number of anilines is 2. The van der Waals surface area contributed by atoms with Gasteiger partial charge >= 0.3 is 0 Å². The molecule has 2 heterocycles. The molecule has 3 fully saturated rings. The largest absolute Gasteiger partial charge is 0.397 e. The minimum atomic E-state index is 0.585. The number of piperidine rings is 1. The van der Waals surface area contributed by atoms with Crippen LogP contribution in [0, 0.1) is 5.92 Å². The molecule has 1 aromatic rings. The molecule has 1 aliphatic carbocycles. The van der Waals surface area contributed by atoms with Crippen LogP contribution in [0.5, 0.6) is 0 Å². The minimum absolute atomic E-state index is 0.585. The molecular formula is C21H33N3. The van der Waals surface area contributed by atoms with Crippen molar-refractivity contribution in [1.82, 2.24) is 4.90 Å². The Hall–Kier alpha value is -1.22. The Balaban J connectivity index is 1.41. The first-order valence-corrected chi connectivity index (χ1v) is 10.1. The second-order valence-electron chi connectivity index (χ2n) is 8.37. The van der Waals surface area contributed by atoms with Crippen molar-refractivity contribution in [3.8, 4) is 0 Å². The van der Waals surface area contributed by atoms with Gasteiger partial charge in [0.1, 0.15) is 0 Å². The van der Waals surface area contributed by atoms with Gasteiger partial charge in [-0.1, -0.05) is 31.4 Å². The van der Waals surface area contributed by atoms with E-state index >= 15 is 0 Å². The summed E-state index contributed by atoms with van der Waals surface area (Å²) in [5.74, 6) is 0.941. The van der Waals surface area contributed by atoms with Gasteiger partial charge in [0.05, 0.1) is 11.4 Å². The van der Waals surface area contributed by atoms with Gasteiger partial charge in [-0.25, -0.2) is 0 Å². The van der Waals surface area contributed by atoms with Gasteiger partial charge in [-0.3, -0.25) is 4.90 Å². The minimum Gasteiger partial charge on any atom is -0.397 e. The van der Waals surface area contributed by atoms with Crippen molar-refractivity contribution < 1.29 is 0 Å². The molecular weight excluding hydrogens is 294 g/mol. The molecule has 4 rings (SSSR count). The molecule has 0 amide bonds. The Morgan fingerprint density at radius 1 is 1.00 bits per heavy atom. The van der Waals surface area contributed by atoms with Crippen LogP contribution in [0.15, 0.2) is 24.3 Å². The maximum atomic E-state index is 6.12. The molecule has 3 atom stereocenters. The second kappa shape index (κ2) is 6.95. The summed E-state index contributed by atoms with van der Waals surface area (Å²) in [6.07, 6.45) is 12.6. The number of rotatable bonds is 4. The summed E-state index contributed by atoms with van der Waals surface area (Å²) in [4.78, 5) is 2.92. The smallest absolute Gasteiger partial charge is 0.0576 e. The SMILES string of the molecule is CC(C1CCCCC1)N1C2CCC1CC(Nc1ccccc1N)C2. The molecule has 3 unspecified atom stereocenters. The van der Waals surface area contributed by atoms with Gasteiger partial charge in [-0.05, 0) is 63.5 Å². The summed E-state index contributed by atoms with van der Waals surface area (Å²) in [5.41, 5.74) is 8.12. The molecule has 132 valence electrons. The number of benzene rings is 1. The van der Waals surface area contributed by atoms with Gasteiger partial charge in [0.15, 0.2) is 0 Å². The van der Waals surface area contributed by atoms with Crippen molar-refractivity contribution in [3.05, 3.63) is 24.3 Å². The monoisotopic (exact) mass is 327 g/mol. The van der Waals surface area contributed by atoms with Crippen LogP contribution in [0.25, 0.3) is 0 Å². The lowest BCUT2D eigenvalue weighted by atomic mass is 9.82. The Morgan fingerprint density at radius 3 is 2.33 bits per heavy atom. The summed E-state index contributed by atoms with van der Waals surface area (Å²) in [7, 11) is 0. The number of nitrogen functional groups attached to an aromatic ring is 1. The first-order valence-electron chi connectivity index (χ1n) is 10.1. The van der Waals surface area contributed by atoms with Crippen LogP contribution < -0.4 is 11.1 Å². The molecule has 0 aromatic heterocycles. The van der Waals surface area contributed by atoms with Crippen LogP contribution in [0.2, 0.25) is 0 Å². The van der Waals surface area contributed by atoms with Gasteiger partial charge < -0.3 is 11.1 Å². The molecule has 1 saturated carbocycles. The zero-order chi connectivity index (χ0) is 16.5. The first-order chi connectivity index (χ1) is 11.7. The average Bonchev–Trinajstić information content (AvgIpc) is 2.88. The summed E-state index contributed by atoms with van der Waals surface area (Å²) >= 11 is 0. The lowest BCUT2D eigenvalue weighted by Gasteiger charge is -2.46. The van der Waals surface area contributed by atoms with E-state index in [2.05, 4.69) is 29.3 Å². The van der Waals surface area contributed by atoms with Crippen molar-refractivity contribution in [2.24, 2.45) is 5.92 Å². The van der Waals surface area contributed by atoms with Crippen LogP contribution >= 0.6 is 0 Å². The van der Waals surface area contributed by atoms with Crippen LogP contribution in [-0.2, 0) is 0 Å². The fraction of sp³-hybridized carbons (Fsp3) is 0.714. The van der Waals surface area contributed by atoms with Gasteiger partial charge in [-0.2, -0.15) is 0 Å². The lowest BCUT2D eigenvalue weighted by molar-refractivity contribution is 0.0474. The van der Waals surface area contributed by atoms with Gasteiger partial charge in [0.25, 0.3) is 0 Å². The van der Waals surface area contributed by atoms with Gasteiger partial charge in [0, 0.05) is 24.2 Å². The molecule has 3 heteroatoms. The van der Waals surface area contributed by atoms with E-state index in [1.54, 1.807) is 0 Å². The Bertz CT molecular complexity index is 538. The van der Waals surface area contributed by atoms with Crippen molar-refractivity contribution in [2.75, 3.05) is 11.1 Å². The Kier molecular flexibility index (Phi) is 4.71. The molecule has 2 aliphatic heterocycles. The highest BCUT2D eigenvalue weighted by molar-refractivity contribution is 5.66. The normalized spacial score (nSPS) is 32.6. The van der Waals surface area contributed by atoms with Crippen LogP contribution in [0.4, 0.5) is 11.4 Å². The summed E-state index contributed by atoms with van der Waals surface area (Å²) < 4.78 is 0. The fourth-order valence-corrected chi connectivity index (χ4v) is 5.70. The molecule has 2 bridgehead atoms. The molecule has 3 N–H and O–H groups in total. The predicted octanol–water partition coefficient (Wildman–Crippen LogP) is 4.64. The molecule has 1 aromatic carbocycles. The first kappa shape index (κ1) is 16.3. The Labute approximate surface area is 147 Å². The van der Waals surface area contributed by atoms with E-state index < -0.39 is 0 Å². The predicted molar refractivity (Wildman–Crippen MR) is 102 cm³/mol. The molecule has 0 spiro atoms. The number of hydrogen-bond donors (Lipinski definition) is 2. The highest BCUT2D eigenvalue weighted by atomic mass is 15.3. The zero-order valence-corrected chi connectivity index (χ0v) is 15.1. The molecule has 3 aliphatic rings. The number of para-hydroxylation sites is 2. The topological polar surface area (TPSA) is 41.3 Å². The molecule has 0 radical (unpaired) electrons. The third kappa shape index (κ3) is 3.15. The second-order valence-corrected chi connectivity index (χ2v) is 8.37. The summed E-state index contributed by atoms with van der Waals surface area (Å²) in [6, 6.07) is 11.1. The van der Waals surface area contributed by atoms with Gasteiger partial charge in [0.2, 0.25) is 0 Å². The summed E-state index contributed by atoms with van der Waals surface area (Å²) in [6.45, 7) is 2.52. The van der Waals surface area contributed by atoms with E-state index in [4.69, 9.17) is 5.73 Å².